The minimum absolute atomic E-state index is 0.0107. The molecule has 2 N–H and O–H groups in total. The second-order valence-corrected chi connectivity index (χ2v) is 8.17. The number of aryl methyl sites for hydroxylation is 1. The number of hydrogen-bond donors (Lipinski definition) is 2. The Kier molecular flexibility index (Phi) is 5.97. The molecule has 194 valence electrons. The highest BCUT2D eigenvalue weighted by Crippen LogP contribution is 2.49. The lowest BCUT2D eigenvalue weighted by Gasteiger charge is -2.29. The summed E-state index contributed by atoms with van der Waals surface area (Å²) in [5.41, 5.74) is -5.00. The van der Waals surface area contributed by atoms with Crippen molar-refractivity contribution in [3.63, 3.8) is 0 Å². The van der Waals surface area contributed by atoms with Crippen molar-refractivity contribution < 1.29 is 47.6 Å². The van der Waals surface area contributed by atoms with Crippen LogP contribution in [0.3, 0.4) is 0 Å². The van der Waals surface area contributed by atoms with Gasteiger partial charge in [-0.05, 0) is 48.3 Å². The molecular weight excluding hydrogens is 539 g/mol. The molecule has 0 fully saturated rings. The Hall–Kier alpha value is -2.99. The predicted molar refractivity (Wildman–Crippen MR) is 119 cm³/mol. The Morgan fingerprint density at radius 3 is 2.33 bits per heavy atom. The molecule has 0 spiro atoms. The molecule has 0 aliphatic carbocycles. The van der Waals surface area contributed by atoms with Crippen molar-refractivity contribution in [1.29, 1.82) is 0 Å². The summed E-state index contributed by atoms with van der Waals surface area (Å²) in [4.78, 5) is 29.2. The Morgan fingerprint density at radius 2 is 1.78 bits per heavy atom. The van der Waals surface area contributed by atoms with Crippen LogP contribution in [0, 0.1) is 6.92 Å². The van der Waals surface area contributed by atoms with Crippen LogP contribution in [0.4, 0.5) is 26.3 Å². The first-order valence-corrected chi connectivity index (χ1v) is 10.4. The average molecular weight is 561 g/mol. The monoisotopic (exact) mass is 560 g/mol. The second-order valence-electron chi connectivity index (χ2n) is 7.42. The van der Waals surface area contributed by atoms with Gasteiger partial charge in [-0.15, -0.1) is 0 Å². The van der Waals surface area contributed by atoms with Gasteiger partial charge in [0.05, 0.1) is 19.1 Å². The number of alkyl halides is 6. The topological polar surface area (TPSA) is 79.8 Å². The van der Waals surface area contributed by atoms with E-state index in [1.165, 1.54) is 18.3 Å². The van der Waals surface area contributed by atoms with Crippen molar-refractivity contribution in [1.82, 2.24) is 10.6 Å². The van der Waals surface area contributed by atoms with E-state index in [2.05, 4.69) is 5.16 Å². The van der Waals surface area contributed by atoms with E-state index in [0.29, 0.717) is 0 Å². The van der Waals surface area contributed by atoms with E-state index < -0.39 is 83.0 Å². The second kappa shape index (κ2) is 10.2. The van der Waals surface area contributed by atoms with Gasteiger partial charge < -0.3 is 15.5 Å². The number of nitrogens with one attached hydrogen (secondary N) is 2. The average Bonchev–Trinajstić information content (AvgIpc) is 3.30. The zero-order valence-corrected chi connectivity index (χ0v) is 19.4. The maximum Gasteiger partial charge on any atom is 0.435 e. The van der Waals surface area contributed by atoms with E-state index in [0.717, 1.165) is 12.1 Å². The van der Waals surface area contributed by atoms with Crippen molar-refractivity contribution in [2.75, 3.05) is 13.0 Å². The highest BCUT2D eigenvalue weighted by Gasteiger charge is 2.62. The van der Waals surface area contributed by atoms with Gasteiger partial charge in [0, 0.05) is 27.6 Å². The van der Waals surface area contributed by atoms with Crippen LogP contribution in [0.25, 0.3) is 0 Å². The highest BCUT2D eigenvalue weighted by molar-refractivity contribution is 6.34. The molecule has 1 aliphatic heterocycles. The van der Waals surface area contributed by atoms with Crippen molar-refractivity contribution in [2.45, 2.75) is 31.3 Å². The molecule has 0 bridgehead atoms. The van der Waals surface area contributed by atoms with Gasteiger partial charge in [-0.25, -0.2) is 0 Å². The summed E-state index contributed by atoms with van der Waals surface area (Å²) in [5, 5.41) is 4.98. The number of hydrogen-bond acceptors (Lipinski definition) is 4. The lowest BCUT2D eigenvalue weighted by molar-refractivity contribution is -0.275. The number of nitrogens with zero attached hydrogens (tertiary/aromatic N) is 1. The van der Waals surface area contributed by atoms with Crippen LogP contribution >= 0.6 is 23.2 Å². The van der Waals surface area contributed by atoms with Crippen LogP contribution in [0.2, 0.25) is 10.0 Å². The van der Waals surface area contributed by atoms with E-state index in [9.17, 15) is 35.9 Å². The number of rotatable bonds is 6. The number of amides is 2. The summed E-state index contributed by atoms with van der Waals surface area (Å²) in [6, 6.07) is 0.627. The number of benzene rings is 2. The van der Waals surface area contributed by atoms with Gasteiger partial charge in [-0.1, -0.05) is 34.4 Å². The molecule has 1 atom stereocenters. The third kappa shape index (κ3) is 6.22. The summed E-state index contributed by atoms with van der Waals surface area (Å²) < 4.78 is 119. The first kappa shape index (κ1) is 21.1. The summed E-state index contributed by atoms with van der Waals surface area (Å²) in [6.45, 7) is -3.78. The maximum absolute atomic E-state index is 14.4. The molecule has 2 aromatic rings. The largest absolute Gasteiger partial charge is 0.435 e. The fourth-order valence-electron chi connectivity index (χ4n) is 3.13. The number of oxime groups is 1. The van der Waals surface area contributed by atoms with Gasteiger partial charge in [0.25, 0.3) is 11.5 Å². The summed E-state index contributed by atoms with van der Waals surface area (Å²) in [6.07, 6.45) is -11.1. The van der Waals surface area contributed by atoms with Crippen LogP contribution in [0.15, 0.2) is 41.5 Å². The first-order chi connectivity index (χ1) is 18.6. The third-order valence-electron chi connectivity index (χ3n) is 4.82. The summed E-state index contributed by atoms with van der Waals surface area (Å²) in [7, 11) is 0. The molecule has 14 heteroatoms. The van der Waals surface area contributed by atoms with Crippen molar-refractivity contribution in [3.8, 4) is 0 Å². The Morgan fingerprint density at radius 1 is 1.14 bits per heavy atom. The molecular formula is C22H17Cl2F6N3O3. The Balaban J connectivity index is 1.90. The Bertz CT molecular complexity index is 1430. The van der Waals surface area contributed by atoms with E-state index in [-0.39, 0.29) is 22.4 Å². The zero-order chi connectivity index (χ0) is 31.3. The minimum Gasteiger partial charge on any atom is -0.374 e. The molecule has 6 nitrogen and oxygen atoms in total. The van der Waals surface area contributed by atoms with E-state index in [1.807, 2.05) is 0 Å². The number of halogens is 8. The van der Waals surface area contributed by atoms with Crippen LogP contribution in [0.1, 0.15) is 40.3 Å². The van der Waals surface area contributed by atoms with Gasteiger partial charge >= 0.3 is 12.4 Å². The quantitative estimate of drug-likeness (QED) is 0.471. The lowest BCUT2D eigenvalue weighted by atomic mass is 9.86. The summed E-state index contributed by atoms with van der Waals surface area (Å²) >= 11 is 11.7. The van der Waals surface area contributed by atoms with E-state index in [4.69, 9.17) is 34.9 Å². The van der Waals surface area contributed by atoms with Crippen LogP contribution in [-0.2, 0) is 15.2 Å². The highest BCUT2D eigenvalue weighted by atomic mass is 35.5. The summed E-state index contributed by atoms with van der Waals surface area (Å²) in [5.74, 6) is -2.98. The molecule has 1 heterocycles. The molecule has 0 saturated carbocycles. The lowest BCUT2D eigenvalue weighted by Crippen LogP contribution is -2.42. The fraction of sp³-hybridized carbons (Fsp3) is 0.318. The molecule has 2 aromatic carbocycles. The molecule has 0 radical (unpaired) electrons. The molecule has 3 rings (SSSR count). The smallest absolute Gasteiger partial charge is 0.374 e. The van der Waals surface area contributed by atoms with Crippen molar-refractivity contribution in [2.24, 2.45) is 5.16 Å². The van der Waals surface area contributed by atoms with Crippen LogP contribution in [-0.4, -0.2) is 42.9 Å². The first-order valence-electron chi connectivity index (χ1n) is 12.2. The van der Waals surface area contributed by atoms with E-state index in [1.54, 1.807) is 5.32 Å². The zero-order valence-electron chi connectivity index (χ0n) is 22.8. The Labute approximate surface area is 217 Å². The van der Waals surface area contributed by atoms with Gasteiger partial charge in [-0.3, -0.25) is 9.59 Å². The molecule has 2 amide bonds. The molecule has 36 heavy (non-hydrogen) atoms. The van der Waals surface area contributed by atoms with Crippen LogP contribution < -0.4 is 10.6 Å². The van der Waals surface area contributed by atoms with Gasteiger partial charge in [0.2, 0.25) is 5.91 Å². The maximum atomic E-state index is 14.4. The number of carbonyl (C=O) groups excluding carboxylic acids is 2. The molecule has 0 aromatic heterocycles. The van der Waals surface area contributed by atoms with Gasteiger partial charge in [-0.2, -0.15) is 26.3 Å². The van der Waals surface area contributed by atoms with Crippen molar-refractivity contribution >= 4 is 40.7 Å². The van der Waals surface area contributed by atoms with Gasteiger partial charge in [0.15, 0.2) is 0 Å². The number of carbonyl (C=O) groups is 2. The van der Waals surface area contributed by atoms with E-state index >= 15 is 0 Å². The predicted octanol–water partition coefficient (Wildman–Crippen LogP) is 5.29. The minimum atomic E-state index is -5.26. The molecule has 0 saturated heterocycles. The molecule has 1 unspecified atom stereocenters. The third-order valence-corrected chi connectivity index (χ3v) is 5.20. The van der Waals surface area contributed by atoms with Crippen LogP contribution in [0.5, 0.6) is 0 Å². The standard InChI is InChI=1S/C22H17Cl2F6N3O3/c1-11-4-12(2-3-16(11)19(35)31-9-18(34)32-10-21(25,26)27)17-8-20(36-33-17,22(28,29)30)13-5-14(23)7-15(24)6-13/h2-7H,8-10H2,1H3,(H,31,35)(H,32,34)/i5D,6D,7D,9D2. The molecule has 1 aliphatic rings. The SMILES string of the molecule is [2H]c1c(Cl)c([2H])c(C2(C(F)(F)F)CC(c3ccc(C(=O)NC([2H])([2H])C(=O)NCC(F)(F)F)c(C)c3)=NO2)c([2H])c1Cl. The van der Waals surface area contributed by atoms with Crippen molar-refractivity contribution in [3.05, 3.63) is 68.6 Å². The normalized spacial score (nSPS) is 20.2. The fourth-order valence-corrected chi connectivity index (χ4v) is 3.56. The van der Waals surface area contributed by atoms with Gasteiger partial charge in [0.1, 0.15) is 6.54 Å².